The van der Waals surface area contributed by atoms with E-state index in [4.69, 9.17) is 21.1 Å². The Morgan fingerprint density at radius 2 is 1.54 bits per heavy atom. The van der Waals surface area contributed by atoms with Gasteiger partial charge in [-0.3, -0.25) is 4.79 Å². The van der Waals surface area contributed by atoms with Crippen molar-refractivity contribution in [2.24, 2.45) is 0 Å². The van der Waals surface area contributed by atoms with Crippen molar-refractivity contribution in [1.29, 1.82) is 0 Å². The summed E-state index contributed by atoms with van der Waals surface area (Å²) in [4.78, 5) is 24.4. The van der Waals surface area contributed by atoms with Gasteiger partial charge in [0.15, 0.2) is 12.4 Å². The monoisotopic (exact) mass is 528 g/mol. The molecule has 0 bridgehead atoms. The molecule has 192 valence electrons. The number of halogens is 4. The highest BCUT2D eigenvalue weighted by Gasteiger charge is 2.30. The summed E-state index contributed by atoms with van der Waals surface area (Å²) >= 11 is 6.10. The third-order valence-electron chi connectivity index (χ3n) is 4.90. The Bertz CT molecular complexity index is 1330. The standard InChI is InChI=1S/C29H24ClF3O4/c1-28(2,3)37-27(35)18-36-26-15-14-24(30)17-22(26)9-8-19-4-6-20(7-5-19)16-25(34)21-10-12-23(13-11-21)29(31,32)33/h4-7,10-15,17H,16,18H2,1-3H3. The fraction of sp³-hybridized carbons (Fsp3) is 0.241. The second-order valence-electron chi connectivity index (χ2n) is 9.14. The number of rotatable bonds is 6. The smallest absolute Gasteiger partial charge is 0.416 e. The van der Waals surface area contributed by atoms with Gasteiger partial charge < -0.3 is 9.47 Å². The van der Waals surface area contributed by atoms with Gasteiger partial charge >= 0.3 is 12.1 Å². The molecule has 0 heterocycles. The van der Waals surface area contributed by atoms with Crippen LogP contribution in [0.25, 0.3) is 0 Å². The molecule has 3 aromatic rings. The molecule has 37 heavy (non-hydrogen) atoms. The predicted octanol–water partition coefficient (Wildman–Crippen LogP) is 6.90. The van der Waals surface area contributed by atoms with Crippen molar-refractivity contribution in [3.8, 4) is 17.6 Å². The molecule has 0 radical (unpaired) electrons. The Labute approximate surface area is 218 Å². The van der Waals surface area contributed by atoms with Crippen LogP contribution in [0.15, 0.2) is 66.7 Å². The second kappa shape index (κ2) is 11.5. The molecule has 0 unspecified atom stereocenters. The van der Waals surface area contributed by atoms with E-state index < -0.39 is 23.3 Å². The van der Waals surface area contributed by atoms with Crippen LogP contribution in [0.4, 0.5) is 13.2 Å². The zero-order chi connectivity index (χ0) is 27.2. The molecule has 0 atom stereocenters. The summed E-state index contributed by atoms with van der Waals surface area (Å²) < 4.78 is 49.0. The van der Waals surface area contributed by atoms with Gasteiger partial charge in [-0.15, -0.1) is 0 Å². The molecule has 0 spiro atoms. The van der Waals surface area contributed by atoms with Gasteiger partial charge in [0.2, 0.25) is 0 Å². The van der Waals surface area contributed by atoms with Crippen LogP contribution < -0.4 is 4.74 Å². The van der Waals surface area contributed by atoms with Crippen LogP contribution in [0.3, 0.4) is 0 Å². The molecule has 0 saturated carbocycles. The molecule has 0 aliphatic carbocycles. The van der Waals surface area contributed by atoms with Gasteiger partial charge in [-0.1, -0.05) is 47.7 Å². The second-order valence-corrected chi connectivity index (χ2v) is 9.57. The van der Waals surface area contributed by atoms with Crippen molar-refractivity contribution in [2.75, 3.05) is 6.61 Å². The van der Waals surface area contributed by atoms with Gasteiger partial charge in [0.25, 0.3) is 0 Å². The Hall–Kier alpha value is -3.76. The average molecular weight is 529 g/mol. The van der Waals surface area contributed by atoms with E-state index in [-0.39, 0.29) is 24.4 Å². The number of esters is 1. The summed E-state index contributed by atoms with van der Waals surface area (Å²) in [5.74, 6) is 5.54. The minimum atomic E-state index is -4.45. The zero-order valence-corrected chi connectivity index (χ0v) is 21.2. The summed E-state index contributed by atoms with van der Waals surface area (Å²) in [6.07, 6.45) is -4.41. The van der Waals surface area contributed by atoms with Gasteiger partial charge in [-0.2, -0.15) is 13.2 Å². The SMILES string of the molecule is CC(C)(C)OC(=O)COc1ccc(Cl)cc1C#Cc1ccc(CC(=O)c2ccc(C(F)(F)F)cc2)cc1. The lowest BCUT2D eigenvalue weighted by atomic mass is 10.0. The quantitative estimate of drug-likeness (QED) is 0.198. The summed E-state index contributed by atoms with van der Waals surface area (Å²) in [6, 6.07) is 15.9. The number of ketones is 1. The number of alkyl halides is 3. The number of carbonyl (C=O) groups excluding carboxylic acids is 2. The van der Waals surface area contributed by atoms with Crippen LogP contribution >= 0.6 is 11.6 Å². The highest BCUT2D eigenvalue weighted by Crippen LogP contribution is 2.29. The van der Waals surface area contributed by atoms with Crippen molar-refractivity contribution >= 4 is 23.4 Å². The normalized spacial score (nSPS) is 11.3. The van der Waals surface area contributed by atoms with Gasteiger partial charge in [0.1, 0.15) is 11.4 Å². The van der Waals surface area contributed by atoms with Gasteiger partial charge in [0.05, 0.1) is 11.1 Å². The van der Waals surface area contributed by atoms with E-state index in [1.54, 1.807) is 63.2 Å². The molecule has 0 aromatic heterocycles. The van der Waals surface area contributed by atoms with Crippen LogP contribution in [0.2, 0.25) is 5.02 Å². The third kappa shape index (κ3) is 8.69. The van der Waals surface area contributed by atoms with Gasteiger partial charge in [0, 0.05) is 22.6 Å². The number of ether oxygens (including phenoxy) is 2. The van der Waals surface area contributed by atoms with Crippen LogP contribution in [0.5, 0.6) is 5.75 Å². The summed E-state index contributed by atoms with van der Waals surface area (Å²) in [7, 11) is 0. The van der Waals surface area contributed by atoms with Crippen molar-refractivity contribution in [2.45, 2.75) is 39.0 Å². The lowest BCUT2D eigenvalue weighted by Gasteiger charge is -2.19. The zero-order valence-electron chi connectivity index (χ0n) is 20.4. The van der Waals surface area contributed by atoms with E-state index in [0.717, 1.165) is 12.1 Å². The molecule has 0 aliphatic rings. The highest BCUT2D eigenvalue weighted by atomic mass is 35.5. The fourth-order valence-corrected chi connectivity index (χ4v) is 3.38. The molecular weight excluding hydrogens is 505 g/mol. The molecule has 0 fully saturated rings. The maximum Gasteiger partial charge on any atom is 0.416 e. The molecule has 3 rings (SSSR count). The van der Waals surface area contributed by atoms with E-state index in [1.807, 2.05) is 0 Å². The van der Waals surface area contributed by atoms with Crippen LogP contribution in [-0.2, 0) is 22.1 Å². The molecule has 0 saturated heterocycles. The number of hydrogen-bond donors (Lipinski definition) is 0. The van der Waals surface area contributed by atoms with Gasteiger partial charge in [-0.25, -0.2) is 4.79 Å². The molecule has 3 aromatic carbocycles. The summed E-state index contributed by atoms with van der Waals surface area (Å²) in [5.41, 5.74) is 0.611. The molecule has 0 amide bonds. The molecule has 0 aliphatic heterocycles. The van der Waals surface area contributed by atoms with E-state index in [1.165, 1.54) is 12.1 Å². The van der Waals surface area contributed by atoms with Gasteiger partial charge in [-0.05, 0) is 68.8 Å². The Morgan fingerprint density at radius 1 is 0.892 bits per heavy atom. The average Bonchev–Trinajstić information content (AvgIpc) is 2.81. The first kappa shape index (κ1) is 27.8. The maximum atomic E-state index is 12.7. The number of hydrogen-bond acceptors (Lipinski definition) is 4. The van der Waals surface area contributed by atoms with Crippen LogP contribution in [0.1, 0.15) is 53.4 Å². The highest BCUT2D eigenvalue weighted by molar-refractivity contribution is 6.30. The molecular formula is C29H24ClF3O4. The van der Waals surface area contributed by atoms with Crippen molar-refractivity contribution in [3.05, 3.63) is 99.6 Å². The van der Waals surface area contributed by atoms with Crippen LogP contribution in [-0.4, -0.2) is 24.0 Å². The van der Waals surface area contributed by atoms with E-state index in [0.29, 0.717) is 27.5 Å². The topological polar surface area (TPSA) is 52.6 Å². The maximum absolute atomic E-state index is 12.7. The number of carbonyl (C=O) groups is 2. The Balaban J connectivity index is 1.67. The lowest BCUT2D eigenvalue weighted by molar-refractivity contribution is -0.157. The molecule has 0 N–H and O–H groups in total. The summed E-state index contributed by atoms with van der Waals surface area (Å²) in [5, 5.41) is 0.450. The number of Topliss-reactive ketones (excluding diaryl/α,β-unsaturated/α-hetero) is 1. The largest absolute Gasteiger partial charge is 0.481 e. The van der Waals surface area contributed by atoms with Crippen molar-refractivity contribution in [1.82, 2.24) is 0 Å². The van der Waals surface area contributed by atoms with E-state index >= 15 is 0 Å². The molecule has 4 nitrogen and oxygen atoms in total. The minimum Gasteiger partial charge on any atom is -0.481 e. The van der Waals surface area contributed by atoms with E-state index in [2.05, 4.69) is 11.8 Å². The fourth-order valence-electron chi connectivity index (χ4n) is 3.21. The number of benzene rings is 3. The minimum absolute atomic E-state index is 0.0377. The first-order valence-corrected chi connectivity index (χ1v) is 11.6. The Kier molecular flexibility index (Phi) is 8.67. The molecule has 8 heteroatoms. The predicted molar refractivity (Wildman–Crippen MR) is 135 cm³/mol. The summed E-state index contributed by atoms with van der Waals surface area (Å²) in [6.45, 7) is 5.01. The van der Waals surface area contributed by atoms with E-state index in [9.17, 15) is 22.8 Å². The third-order valence-corrected chi connectivity index (χ3v) is 5.14. The first-order valence-electron chi connectivity index (χ1n) is 11.3. The Morgan fingerprint density at radius 3 is 2.14 bits per heavy atom. The van der Waals surface area contributed by atoms with Crippen molar-refractivity contribution < 1.29 is 32.2 Å². The van der Waals surface area contributed by atoms with Crippen LogP contribution in [0, 0.1) is 11.8 Å². The first-order chi connectivity index (χ1) is 17.3. The van der Waals surface area contributed by atoms with Crippen molar-refractivity contribution in [3.63, 3.8) is 0 Å². The lowest BCUT2D eigenvalue weighted by Crippen LogP contribution is -2.27.